The fourth-order valence-corrected chi connectivity index (χ4v) is 4.12. The van der Waals surface area contributed by atoms with Gasteiger partial charge in [0.1, 0.15) is 11.6 Å². The number of aromatic nitrogens is 3. The number of piperidine rings is 1. The molecule has 154 valence electrons. The van der Waals surface area contributed by atoms with Crippen LogP contribution in [0.15, 0.2) is 18.3 Å². The summed E-state index contributed by atoms with van der Waals surface area (Å²) in [6.45, 7) is 10.7. The number of nitrogens with zero attached hydrogens (tertiary/aromatic N) is 5. The molecule has 0 bridgehead atoms. The van der Waals surface area contributed by atoms with E-state index in [1.807, 2.05) is 24.0 Å². The summed E-state index contributed by atoms with van der Waals surface area (Å²) in [7, 11) is 0. The van der Waals surface area contributed by atoms with E-state index in [0.717, 1.165) is 80.8 Å². The van der Waals surface area contributed by atoms with Gasteiger partial charge in [-0.05, 0) is 45.7 Å². The number of carbonyl (C=O) groups is 1. The van der Waals surface area contributed by atoms with Crippen molar-refractivity contribution >= 4 is 11.7 Å². The molecule has 2 aromatic rings. The molecule has 7 heteroatoms. The van der Waals surface area contributed by atoms with Crippen LogP contribution in [0, 0.1) is 20.8 Å². The summed E-state index contributed by atoms with van der Waals surface area (Å²) in [6.07, 6.45) is 3.49. The molecule has 4 heterocycles. The molecule has 0 unspecified atom stereocenters. The van der Waals surface area contributed by atoms with Gasteiger partial charge in [0, 0.05) is 55.2 Å². The van der Waals surface area contributed by atoms with E-state index in [1.54, 1.807) is 6.20 Å². The van der Waals surface area contributed by atoms with Gasteiger partial charge in [0.25, 0.3) is 5.91 Å². The van der Waals surface area contributed by atoms with E-state index >= 15 is 0 Å². The second-order valence-corrected chi connectivity index (χ2v) is 7.92. The molecule has 0 aliphatic carbocycles. The summed E-state index contributed by atoms with van der Waals surface area (Å²) in [5, 5.41) is 0. The number of hydrogen-bond donors (Lipinski definition) is 0. The van der Waals surface area contributed by atoms with Crippen molar-refractivity contribution < 1.29 is 9.53 Å². The van der Waals surface area contributed by atoms with Crippen LogP contribution in [0.3, 0.4) is 0 Å². The van der Waals surface area contributed by atoms with Crippen molar-refractivity contribution in [1.29, 1.82) is 0 Å². The molecule has 0 saturated carbocycles. The number of morpholine rings is 1. The predicted molar refractivity (Wildman–Crippen MR) is 111 cm³/mol. The normalized spacial score (nSPS) is 18.2. The average Bonchev–Trinajstić information content (AvgIpc) is 2.76. The molecule has 2 saturated heterocycles. The highest BCUT2D eigenvalue weighted by atomic mass is 16.5. The first-order chi connectivity index (χ1) is 14.0. The molecule has 29 heavy (non-hydrogen) atoms. The molecule has 0 N–H and O–H groups in total. The van der Waals surface area contributed by atoms with Gasteiger partial charge in [-0.25, -0.2) is 9.97 Å². The Bertz CT molecular complexity index is 887. The van der Waals surface area contributed by atoms with Gasteiger partial charge >= 0.3 is 0 Å². The summed E-state index contributed by atoms with van der Waals surface area (Å²) in [5.41, 5.74) is 3.67. The monoisotopic (exact) mass is 395 g/mol. The number of anilines is 1. The average molecular weight is 396 g/mol. The Morgan fingerprint density at radius 2 is 1.76 bits per heavy atom. The number of pyridine rings is 1. The number of ether oxygens (including phenoxy) is 1. The van der Waals surface area contributed by atoms with Crippen LogP contribution in [0.25, 0.3) is 0 Å². The zero-order chi connectivity index (χ0) is 20.4. The van der Waals surface area contributed by atoms with E-state index in [4.69, 9.17) is 14.7 Å². The first-order valence-corrected chi connectivity index (χ1v) is 10.4. The van der Waals surface area contributed by atoms with Crippen LogP contribution in [0.4, 0.5) is 5.82 Å². The van der Waals surface area contributed by atoms with Crippen molar-refractivity contribution in [2.75, 3.05) is 44.3 Å². The summed E-state index contributed by atoms with van der Waals surface area (Å²) in [5.74, 6) is 2.32. The van der Waals surface area contributed by atoms with E-state index in [1.165, 1.54) is 0 Å². The minimum atomic E-state index is 0.0732. The van der Waals surface area contributed by atoms with E-state index in [0.29, 0.717) is 5.56 Å². The van der Waals surface area contributed by atoms with E-state index in [-0.39, 0.29) is 11.8 Å². The first kappa shape index (κ1) is 19.8. The first-order valence-electron chi connectivity index (χ1n) is 10.4. The van der Waals surface area contributed by atoms with Crippen LogP contribution in [-0.2, 0) is 4.74 Å². The molecular formula is C22H29N5O2. The quantitative estimate of drug-likeness (QED) is 0.796. The molecular weight excluding hydrogens is 366 g/mol. The maximum atomic E-state index is 12.9. The number of hydrogen-bond acceptors (Lipinski definition) is 6. The molecule has 0 aromatic carbocycles. The number of amides is 1. The third-order valence-corrected chi connectivity index (χ3v) is 6.08. The highest BCUT2D eigenvalue weighted by molar-refractivity contribution is 5.95. The second-order valence-electron chi connectivity index (χ2n) is 7.92. The third-order valence-electron chi connectivity index (χ3n) is 6.08. The largest absolute Gasteiger partial charge is 0.378 e. The van der Waals surface area contributed by atoms with Gasteiger partial charge in [-0.3, -0.25) is 9.78 Å². The molecule has 0 radical (unpaired) electrons. The zero-order valence-corrected chi connectivity index (χ0v) is 17.5. The molecule has 7 nitrogen and oxygen atoms in total. The van der Waals surface area contributed by atoms with Gasteiger partial charge in [0.2, 0.25) is 0 Å². The van der Waals surface area contributed by atoms with Gasteiger partial charge in [0.05, 0.1) is 18.8 Å². The van der Waals surface area contributed by atoms with Crippen LogP contribution in [0.2, 0.25) is 0 Å². The van der Waals surface area contributed by atoms with Gasteiger partial charge in [-0.1, -0.05) is 0 Å². The van der Waals surface area contributed by atoms with Gasteiger partial charge in [0.15, 0.2) is 0 Å². The Morgan fingerprint density at radius 3 is 2.45 bits per heavy atom. The summed E-state index contributed by atoms with van der Waals surface area (Å²) in [4.78, 5) is 31.1. The molecule has 1 amide bonds. The Kier molecular flexibility index (Phi) is 5.76. The van der Waals surface area contributed by atoms with Crippen molar-refractivity contribution in [2.24, 2.45) is 0 Å². The summed E-state index contributed by atoms with van der Waals surface area (Å²) < 4.78 is 5.49. The zero-order valence-electron chi connectivity index (χ0n) is 17.5. The Hall–Kier alpha value is -2.54. The van der Waals surface area contributed by atoms with E-state index in [9.17, 15) is 4.79 Å². The lowest BCUT2D eigenvalue weighted by Crippen LogP contribution is -2.39. The highest BCUT2D eigenvalue weighted by Crippen LogP contribution is 2.30. The van der Waals surface area contributed by atoms with Crippen molar-refractivity contribution in [3.05, 3.63) is 46.7 Å². The van der Waals surface area contributed by atoms with Crippen molar-refractivity contribution in [2.45, 2.75) is 39.5 Å². The maximum absolute atomic E-state index is 12.9. The minimum Gasteiger partial charge on any atom is -0.378 e. The lowest BCUT2D eigenvalue weighted by Gasteiger charge is -2.33. The second kappa shape index (κ2) is 8.45. The standard InChI is InChI=1S/C22H29N5O2/c1-15-16(2)24-20(25-21(15)26-11-13-29-14-12-26)18-6-9-27(10-7-18)22(28)19-5-4-8-23-17(19)3/h4-5,8,18H,6-7,9-14H2,1-3H3. The molecule has 0 atom stereocenters. The SMILES string of the molecule is Cc1ncccc1C(=O)N1CCC(c2nc(C)c(C)c(N3CCOCC3)n2)CC1. The van der Waals surface area contributed by atoms with Gasteiger partial charge < -0.3 is 14.5 Å². The molecule has 2 aromatic heterocycles. The lowest BCUT2D eigenvalue weighted by molar-refractivity contribution is 0.0709. The van der Waals surface area contributed by atoms with Crippen molar-refractivity contribution in [1.82, 2.24) is 19.9 Å². The van der Waals surface area contributed by atoms with Crippen molar-refractivity contribution in [3.8, 4) is 0 Å². The molecule has 4 rings (SSSR count). The third kappa shape index (κ3) is 4.10. The smallest absolute Gasteiger partial charge is 0.255 e. The van der Waals surface area contributed by atoms with E-state index in [2.05, 4.69) is 23.7 Å². The minimum absolute atomic E-state index is 0.0732. The Balaban J connectivity index is 1.48. The van der Waals surface area contributed by atoms with E-state index < -0.39 is 0 Å². The number of carbonyl (C=O) groups excluding carboxylic acids is 1. The highest BCUT2D eigenvalue weighted by Gasteiger charge is 2.28. The topological polar surface area (TPSA) is 71.5 Å². The fourth-order valence-electron chi connectivity index (χ4n) is 4.12. The van der Waals surface area contributed by atoms with Crippen LogP contribution in [0.1, 0.15) is 51.9 Å². The number of likely N-dealkylation sites (tertiary alicyclic amines) is 1. The Morgan fingerprint density at radius 1 is 1.03 bits per heavy atom. The van der Waals surface area contributed by atoms with Crippen LogP contribution in [0.5, 0.6) is 0 Å². The maximum Gasteiger partial charge on any atom is 0.255 e. The fraction of sp³-hybridized carbons (Fsp3) is 0.545. The van der Waals surface area contributed by atoms with Gasteiger partial charge in [-0.2, -0.15) is 0 Å². The number of rotatable bonds is 3. The van der Waals surface area contributed by atoms with Crippen LogP contribution < -0.4 is 4.90 Å². The molecule has 2 fully saturated rings. The summed E-state index contributed by atoms with van der Waals surface area (Å²) in [6, 6.07) is 3.68. The van der Waals surface area contributed by atoms with Crippen LogP contribution >= 0.6 is 0 Å². The summed E-state index contributed by atoms with van der Waals surface area (Å²) >= 11 is 0. The molecule has 2 aliphatic rings. The molecule has 0 spiro atoms. The Labute approximate surface area is 172 Å². The van der Waals surface area contributed by atoms with Gasteiger partial charge in [-0.15, -0.1) is 0 Å². The molecule has 2 aliphatic heterocycles. The number of aryl methyl sites for hydroxylation is 2. The predicted octanol–water partition coefficient (Wildman–Crippen LogP) is 2.65. The lowest BCUT2D eigenvalue weighted by atomic mass is 9.95. The van der Waals surface area contributed by atoms with Crippen LogP contribution in [-0.4, -0.2) is 65.2 Å². The van der Waals surface area contributed by atoms with Crippen molar-refractivity contribution in [3.63, 3.8) is 0 Å².